The molecule has 3 heteroatoms. The zero-order valence-electron chi connectivity index (χ0n) is 9.00. The molecule has 1 aromatic heterocycles. The lowest BCUT2D eigenvalue weighted by atomic mass is 10.0. The minimum absolute atomic E-state index is 0.276. The van der Waals surface area contributed by atoms with Crippen LogP contribution in [0.3, 0.4) is 0 Å². The fourth-order valence-corrected chi connectivity index (χ4v) is 1.65. The predicted octanol–water partition coefficient (Wildman–Crippen LogP) is 1.94. The maximum absolute atomic E-state index is 11.9. The van der Waals surface area contributed by atoms with Gasteiger partial charge >= 0.3 is 0 Å². The van der Waals surface area contributed by atoms with E-state index in [4.69, 9.17) is 0 Å². The van der Waals surface area contributed by atoms with Crippen LogP contribution in [0.25, 0.3) is 0 Å². The number of rotatable bonds is 3. The standard InChI is InChI=1S/C13H13NO2/c1-14-9-5-8-11(14)13(16)12(15)10-6-3-2-4-7-10/h2-9,13,16H,1H3. The van der Waals surface area contributed by atoms with Gasteiger partial charge in [0.2, 0.25) is 0 Å². The molecule has 16 heavy (non-hydrogen) atoms. The zero-order valence-corrected chi connectivity index (χ0v) is 9.00. The fourth-order valence-electron chi connectivity index (χ4n) is 1.65. The largest absolute Gasteiger partial charge is 0.379 e. The number of aryl methyl sites for hydroxylation is 1. The van der Waals surface area contributed by atoms with E-state index in [1.165, 1.54) is 0 Å². The van der Waals surface area contributed by atoms with E-state index in [0.717, 1.165) is 0 Å². The number of ketones is 1. The first-order valence-electron chi connectivity index (χ1n) is 5.08. The van der Waals surface area contributed by atoms with E-state index in [2.05, 4.69) is 0 Å². The Morgan fingerprint density at radius 2 is 1.88 bits per heavy atom. The van der Waals surface area contributed by atoms with Crippen molar-refractivity contribution in [3.63, 3.8) is 0 Å². The number of Topliss-reactive ketones (excluding diaryl/α,β-unsaturated/α-hetero) is 1. The number of carbonyl (C=O) groups excluding carboxylic acids is 1. The molecule has 2 aromatic rings. The summed E-state index contributed by atoms with van der Waals surface area (Å²) >= 11 is 0. The van der Waals surface area contributed by atoms with Crippen LogP contribution >= 0.6 is 0 Å². The van der Waals surface area contributed by atoms with Crippen LogP contribution in [-0.2, 0) is 7.05 Å². The molecule has 0 amide bonds. The van der Waals surface area contributed by atoms with Crippen LogP contribution in [0, 0.1) is 0 Å². The number of aliphatic hydroxyl groups excluding tert-OH is 1. The summed E-state index contributed by atoms with van der Waals surface area (Å²) < 4.78 is 1.74. The molecule has 1 unspecified atom stereocenters. The molecule has 0 saturated heterocycles. The van der Waals surface area contributed by atoms with Crippen molar-refractivity contribution in [3.05, 3.63) is 59.9 Å². The van der Waals surface area contributed by atoms with Crippen molar-refractivity contribution >= 4 is 5.78 Å². The fraction of sp³-hybridized carbons (Fsp3) is 0.154. The number of hydrogen-bond donors (Lipinski definition) is 1. The van der Waals surface area contributed by atoms with E-state index < -0.39 is 6.10 Å². The summed E-state index contributed by atoms with van der Waals surface area (Å²) in [6.45, 7) is 0. The summed E-state index contributed by atoms with van der Waals surface area (Å²) in [4.78, 5) is 11.9. The Bertz CT molecular complexity index is 488. The highest BCUT2D eigenvalue weighted by Gasteiger charge is 2.20. The maximum atomic E-state index is 11.9. The number of hydrogen-bond acceptors (Lipinski definition) is 2. The van der Waals surface area contributed by atoms with Gasteiger partial charge in [0.1, 0.15) is 0 Å². The van der Waals surface area contributed by atoms with E-state index in [-0.39, 0.29) is 5.78 Å². The van der Waals surface area contributed by atoms with Crippen LogP contribution in [0.2, 0.25) is 0 Å². The molecule has 1 atom stereocenters. The van der Waals surface area contributed by atoms with E-state index in [9.17, 15) is 9.90 Å². The molecule has 0 aliphatic heterocycles. The monoisotopic (exact) mass is 215 g/mol. The van der Waals surface area contributed by atoms with Gasteiger partial charge in [0.15, 0.2) is 11.9 Å². The Balaban J connectivity index is 2.27. The van der Waals surface area contributed by atoms with Crippen LogP contribution < -0.4 is 0 Å². The van der Waals surface area contributed by atoms with Gasteiger partial charge in [-0.05, 0) is 12.1 Å². The summed E-state index contributed by atoms with van der Waals surface area (Å²) in [5, 5.41) is 9.94. The average molecular weight is 215 g/mol. The van der Waals surface area contributed by atoms with Crippen molar-refractivity contribution in [1.29, 1.82) is 0 Å². The minimum atomic E-state index is -1.10. The third-order valence-corrected chi connectivity index (χ3v) is 2.57. The highest BCUT2D eigenvalue weighted by Crippen LogP contribution is 2.18. The van der Waals surface area contributed by atoms with Gasteiger partial charge in [-0.2, -0.15) is 0 Å². The van der Waals surface area contributed by atoms with Crippen LogP contribution in [0.5, 0.6) is 0 Å². The van der Waals surface area contributed by atoms with Crippen molar-refractivity contribution in [2.24, 2.45) is 7.05 Å². The first-order valence-corrected chi connectivity index (χ1v) is 5.08. The van der Waals surface area contributed by atoms with Crippen LogP contribution in [-0.4, -0.2) is 15.5 Å². The van der Waals surface area contributed by atoms with Gasteiger partial charge in [-0.15, -0.1) is 0 Å². The van der Waals surface area contributed by atoms with Gasteiger partial charge in [-0.1, -0.05) is 30.3 Å². The van der Waals surface area contributed by atoms with Gasteiger partial charge < -0.3 is 9.67 Å². The highest BCUT2D eigenvalue weighted by molar-refractivity contribution is 5.99. The van der Waals surface area contributed by atoms with Gasteiger partial charge in [-0.3, -0.25) is 4.79 Å². The second kappa shape index (κ2) is 4.33. The Hall–Kier alpha value is -1.87. The van der Waals surface area contributed by atoms with Crippen molar-refractivity contribution in [2.75, 3.05) is 0 Å². The zero-order chi connectivity index (χ0) is 11.5. The first-order chi connectivity index (χ1) is 7.70. The summed E-state index contributed by atoms with van der Waals surface area (Å²) in [6, 6.07) is 12.4. The van der Waals surface area contributed by atoms with Gasteiger partial charge in [0.25, 0.3) is 0 Å². The van der Waals surface area contributed by atoms with Gasteiger partial charge in [0.05, 0.1) is 5.69 Å². The number of aromatic nitrogens is 1. The number of carbonyl (C=O) groups is 1. The van der Waals surface area contributed by atoms with Gasteiger partial charge in [-0.25, -0.2) is 0 Å². The summed E-state index contributed by atoms with van der Waals surface area (Å²) in [5.74, 6) is -0.276. The van der Waals surface area contributed by atoms with Crippen molar-refractivity contribution in [2.45, 2.75) is 6.10 Å². The molecule has 1 N–H and O–H groups in total. The Labute approximate surface area is 94.0 Å². The number of benzene rings is 1. The Morgan fingerprint density at radius 3 is 2.44 bits per heavy atom. The Morgan fingerprint density at radius 1 is 1.19 bits per heavy atom. The van der Waals surface area contributed by atoms with Crippen LogP contribution in [0.15, 0.2) is 48.7 Å². The molecule has 3 nitrogen and oxygen atoms in total. The lowest BCUT2D eigenvalue weighted by Crippen LogP contribution is -2.14. The highest BCUT2D eigenvalue weighted by atomic mass is 16.3. The molecular weight excluding hydrogens is 202 g/mol. The van der Waals surface area contributed by atoms with Crippen molar-refractivity contribution in [3.8, 4) is 0 Å². The molecule has 0 aliphatic rings. The lowest BCUT2D eigenvalue weighted by Gasteiger charge is -2.10. The van der Waals surface area contributed by atoms with E-state index in [1.807, 2.05) is 6.07 Å². The van der Waals surface area contributed by atoms with Crippen molar-refractivity contribution in [1.82, 2.24) is 4.57 Å². The molecular formula is C13H13NO2. The normalized spacial score (nSPS) is 12.4. The van der Waals surface area contributed by atoms with Crippen LogP contribution in [0.4, 0.5) is 0 Å². The van der Waals surface area contributed by atoms with Crippen LogP contribution in [0.1, 0.15) is 22.2 Å². The van der Waals surface area contributed by atoms with Gasteiger partial charge in [0, 0.05) is 18.8 Å². The Kier molecular flexibility index (Phi) is 2.88. The summed E-state index contributed by atoms with van der Waals surface area (Å²) in [6.07, 6.45) is 0.707. The molecule has 0 spiro atoms. The second-order valence-electron chi connectivity index (χ2n) is 3.68. The van der Waals surface area contributed by atoms with E-state index >= 15 is 0 Å². The average Bonchev–Trinajstić information content (AvgIpc) is 2.75. The molecule has 0 saturated carbocycles. The third-order valence-electron chi connectivity index (χ3n) is 2.57. The topological polar surface area (TPSA) is 42.2 Å². The summed E-state index contributed by atoms with van der Waals surface area (Å²) in [5.41, 5.74) is 1.13. The van der Waals surface area contributed by atoms with E-state index in [0.29, 0.717) is 11.3 Å². The summed E-state index contributed by atoms with van der Waals surface area (Å²) in [7, 11) is 1.80. The van der Waals surface area contributed by atoms with E-state index in [1.54, 1.807) is 54.2 Å². The first kappa shape index (κ1) is 10.6. The molecule has 0 bridgehead atoms. The lowest BCUT2D eigenvalue weighted by molar-refractivity contribution is 0.0734. The third kappa shape index (κ3) is 1.90. The molecule has 2 rings (SSSR count). The number of nitrogens with zero attached hydrogens (tertiary/aromatic N) is 1. The number of aliphatic hydroxyl groups is 1. The molecule has 0 radical (unpaired) electrons. The minimum Gasteiger partial charge on any atom is -0.379 e. The van der Waals surface area contributed by atoms with Crippen molar-refractivity contribution < 1.29 is 9.90 Å². The SMILES string of the molecule is Cn1cccc1C(O)C(=O)c1ccccc1. The quantitative estimate of drug-likeness (QED) is 0.795. The molecule has 1 aromatic carbocycles. The molecule has 0 aliphatic carbocycles. The molecule has 82 valence electrons. The molecule has 0 fully saturated rings. The maximum Gasteiger partial charge on any atom is 0.197 e. The predicted molar refractivity (Wildman–Crippen MR) is 61.1 cm³/mol. The second-order valence-corrected chi connectivity index (χ2v) is 3.68. The molecule has 1 heterocycles. The smallest absolute Gasteiger partial charge is 0.197 e.